The second-order valence-electron chi connectivity index (χ2n) is 2.62. The van der Waals surface area contributed by atoms with Gasteiger partial charge in [0.1, 0.15) is 6.61 Å². The molecule has 0 bridgehead atoms. The number of ether oxygens (including phenoxy) is 1. The highest BCUT2D eigenvalue weighted by Crippen LogP contribution is 1.99. The lowest BCUT2D eigenvalue weighted by Crippen LogP contribution is -2.19. The normalized spacial score (nSPS) is 9.75. The summed E-state index contributed by atoms with van der Waals surface area (Å²) in [6.07, 6.45) is 4.79. The zero-order valence-electron chi connectivity index (χ0n) is 9.88. The summed E-state index contributed by atoms with van der Waals surface area (Å²) in [7, 11) is 1.62. The highest BCUT2D eigenvalue weighted by atomic mass is 16.5. The Hall–Kier alpha value is -1.62. The van der Waals surface area contributed by atoms with Crippen LogP contribution in [0.5, 0.6) is 5.88 Å². The third kappa shape index (κ3) is 5.31. The molecule has 0 aliphatic rings. The zero-order valence-corrected chi connectivity index (χ0v) is 9.88. The van der Waals surface area contributed by atoms with Gasteiger partial charge in [0.2, 0.25) is 5.88 Å². The lowest BCUT2D eigenvalue weighted by atomic mass is 10.5. The smallest absolute Gasteiger partial charge is 0.350 e. The largest absolute Gasteiger partial charge is 0.473 e. The molecule has 0 fully saturated rings. The van der Waals surface area contributed by atoms with Gasteiger partial charge in [-0.3, -0.25) is 0 Å². The van der Waals surface area contributed by atoms with Crippen molar-refractivity contribution in [1.82, 2.24) is 9.55 Å². The Morgan fingerprint density at radius 2 is 2.19 bits per heavy atom. The molecule has 0 amide bonds. The van der Waals surface area contributed by atoms with Gasteiger partial charge in [0, 0.05) is 19.3 Å². The minimum absolute atomic E-state index is 0.0205. The average Bonchev–Trinajstić information content (AvgIpc) is 2.32. The molecule has 0 atom stereocenters. The van der Waals surface area contributed by atoms with Gasteiger partial charge in [0.15, 0.2) is 0 Å². The Morgan fingerprint density at radius 3 is 2.75 bits per heavy atom. The molecule has 0 aromatic carbocycles. The van der Waals surface area contributed by atoms with Crippen LogP contribution in [0, 0.1) is 0 Å². The van der Waals surface area contributed by atoms with E-state index in [0.717, 1.165) is 0 Å². The van der Waals surface area contributed by atoms with Crippen LogP contribution in [0.25, 0.3) is 0 Å². The number of rotatable bonds is 4. The predicted molar refractivity (Wildman–Crippen MR) is 62.5 cm³/mol. The monoisotopic (exact) mass is 226 g/mol. The Kier molecular flexibility index (Phi) is 7.79. The molecule has 1 heterocycles. The van der Waals surface area contributed by atoms with E-state index in [2.05, 4.69) is 4.98 Å². The molecule has 0 aliphatic carbocycles. The predicted octanol–water partition coefficient (Wildman–Crippen LogP) is 0.734. The highest BCUT2D eigenvalue weighted by molar-refractivity contribution is 5.06. The fraction of sp³-hybridized carbons (Fsp3) is 0.455. The summed E-state index contributed by atoms with van der Waals surface area (Å²) >= 11 is 0. The summed E-state index contributed by atoms with van der Waals surface area (Å²) in [6, 6.07) is 1.61. The van der Waals surface area contributed by atoms with Crippen LogP contribution in [0.2, 0.25) is 0 Å². The van der Waals surface area contributed by atoms with Crippen LogP contribution in [0.3, 0.4) is 0 Å². The van der Waals surface area contributed by atoms with Crippen molar-refractivity contribution >= 4 is 0 Å². The standard InChI is InChI=1S/C9H12N2O3.C2H6/c1-11-5-4-8(10-9(11)13)14-7-3-2-6-12;1-2/h2-5,12H,6-7H2,1H3;1-2H3/b3-2+;. The zero-order chi connectivity index (χ0) is 12.4. The van der Waals surface area contributed by atoms with E-state index in [1.54, 1.807) is 31.5 Å². The number of aliphatic hydroxyl groups excluding tert-OH is 1. The van der Waals surface area contributed by atoms with Gasteiger partial charge in [0.25, 0.3) is 0 Å². The van der Waals surface area contributed by atoms with Crippen molar-refractivity contribution in [2.75, 3.05) is 13.2 Å². The van der Waals surface area contributed by atoms with E-state index < -0.39 is 0 Å². The van der Waals surface area contributed by atoms with Gasteiger partial charge >= 0.3 is 5.69 Å². The molecule has 0 aliphatic heterocycles. The van der Waals surface area contributed by atoms with E-state index >= 15 is 0 Å². The van der Waals surface area contributed by atoms with Crippen molar-refractivity contribution in [3.63, 3.8) is 0 Å². The van der Waals surface area contributed by atoms with Crippen LogP contribution in [-0.2, 0) is 7.05 Å². The Morgan fingerprint density at radius 1 is 1.50 bits per heavy atom. The minimum Gasteiger partial charge on any atom is -0.473 e. The van der Waals surface area contributed by atoms with Gasteiger partial charge < -0.3 is 14.4 Å². The first-order chi connectivity index (χ1) is 7.74. The fourth-order valence-electron chi connectivity index (χ4n) is 0.806. The summed E-state index contributed by atoms with van der Waals surface area (Å²) in [4.78, 5) is 14.7. The number of aryl methyl sites for hydroxylation is 1. The molecule has 0 saturated carbocycles. The van der Waals surface area contributed by atoms with Gasteiger partial charge in [-0.1, -0.05) is 19.9 Å². The molecule has 0 spiro atoms. The van der Waals surface area contributed by atoms with Gasteiger partial charge in [0.05, 0.1) is 6.61 Å². The molecule has 16 heavy (non-hydrogen) atoms. The van der Waals surface area contributed by atoms with Crippen molar-refractivity contribution in [2.45, 2.75) is 13.8 Å². The SMILES string of the molecule is CC.Cn1ccc(OC/C=C/CO)nc1=O. The molecule has 0 unspecified atom stereocenters. The maximum absolute atomic E-state index is 11.0. The van der Waals surface area contributed by atoms with Gasteiger partial charge in [-0.15, -0.1) is 0 Å². The van der Waals surface area contributed by atoms with E-state index in [4.69, 9.17) is 9.84 Å². The lowest BCUT2D eigenvalue weighted by Gasteiger charge is -2.01. The van der Waals surface area contributed by atoms with Crippen LogP contribution >= 0.6 is 0 Å². The summed E-state index contributed by atoms with van der Waals surface area (Å²) < 4.78 is 6.48. The minimum atomic E-state index is -0.353. The van der Waals surface area contributed by atoms with Crippen molar-refractivity contribution in [3.8, 4) is 5.88 Å². The number of aromatic nitrogens is 2. The van der Waals surface area contributed by atoms with Crippen LogP contribution in [0.15, 0.2) is 29.2 Å². The molecule has 0 saturated heterocycles. The average molecular weight is 226 g/mol. The topological polar surface area (TPSA) is 64.3 Å². The van der Waals surface area contributed by atoms with E-state index in [9.17, 15) is 4.79 Å². The van der Waals surface area contributed by atoms with Gasteiger partial charge in [-0.05, 0) is 6.08 Å². The maximum atomic E-state index is 11.0. The number of aliphatic hydroxyl groups is 1. The van der Waals surface area contributed by atoms with E-state index in [-0.39, 0.29) is 18.2 Å². The van der Waals surface area contributed by atoms with Crippen molar-refractivity contribution < 1.29 is 9.84 Å². The fourth-order valence-corrected chi connectivity index (χ4v) is 0.806. The van der Waals surface area contributed by atoms with E-state index in [1.807, 2.05) is 13.8 Å². The number of hydrogen-bond donors (Lipinski definition) is 1. The first kappa shape index (κ1) is 14.4. The molecule has 5 nitrogen and oxygen atoms in total. The molecule has 0 radical (unpaired) electrons. The molecule has 5 heteroatoms. The van der Waals surface area contributed by atoms with Crippen molar-refractivity contribution in [3.05, 3.63) is 34.9 Å². The second-order valence-corrected chi connectivity index (χ2v) is 2.62. The first-order valence-corrected chi connectivity index (χ1v) is 5.16. The van der Waals surface area contributed by atoms with Gasteiger partial charge in [-0.25, -0.2) is 4.79 Å². The van der Waals surface area contributed by atoms with Crippen LogP contribution in [-0.4, -0.2) is 27.9 Å². The molecule has 1 aromatic rings. The summed E-state index contributed by atoms with van der Waals surface area (Å²) in [6.45, 7) is 4.27. The second kappa shape index (κ2) is 8.67. The summed E-state index contributed by atoms with van der Waals surface area (Å²) in [5.41, 5.74) is -0.353. The molecule has 90 valence electrons. The Bertz CT molecular complexity index is 372. The Labute approximate surface area is 95.0 Å². The third-order valence-electron chi connectivity index (χ3n) is 1.55. The quantitative estimate of drug-likeness (QED) is 0.769. The van der Waals surface area contributed by atoms with Crippen molar-refractivity contribution in [1.29, 1.82) is 0 Å². The number of nitrogens with zero attached hydrogens (tertiary/aromatic N) is 2. The molecule has 1 N–H and O–H groups in total. The van der Waals surface area contributed by atoms with E-state index in [0.29, 0.717) is 6.61 Å². The summed E-state index contributed by atoms with van der Waals surface area (Å²) in [5, 5.41) is 8.43. The molecule has 1 aromatic heterocycles. The molecular formula is C11H18N2O3. The Balaban J connectivity index is 0.00000106. The van der Waals surface area contributed by atoms with Crippen LogP contribution < -0.4 is 10.4 Å². The van der Waals surface area contributed by atoms with E-state index in [1.165, 1.54) is 4.57 Å². The first-order valence-electron chi connectivity index (χ1n) is 5.16. The highest BCUT2D eigenvalue weighted by Gasteiger charge is 1.95. The molecule has 1 rings (SSSR count). The third-order valence-corrected chi connectivity index (χ3v) is 1.55. The number of hydrogen-bond acceptors (Lipinski definition) is 4. The van der Waals surface area contributed by atoms with Crippen molar-refractivity contribution in [2.24, 2.45) is 7.05 Å². The van der Waals surface area contributed by atoms with Gasteiger partial charge in [-0.2, -0.15) is 4.98 Å². The lowest BCUT2D eigenvalue weighted by molar-refractivity contribution is 0.331. The van der Waals surface area contributed by atoms with Crippen LogP contribution in [0.1, 0.15) is 13.8 Å². The maximum Gasteiger partial charge on any atom is 0.350 e. The molecular weight excluding hydrogens is 208 g/mol. The van der Waals surface area contributed by atoms with Crippen LogP contribution in [0.4, 0.5) is 0 Å². The summed E-state index contributed by atoms with van der Waals surface area (Å²) in [5.74, 6) is 0.288.